The van der Waals surface area contributed by atoms with Crippen molar-refractivity contribution in [1.29, 1.82) is 0 Å². The van der Waals surface area contributed by atoms with Crippen molar-refractivity contribution in [3.05, 3.63) is 28.0 Å². The van der Waals surface area contributed by atoms with Crippen LogP contribution in [0.25, 0.3) is 11.0 Å². The van der Waals surface area contributed by atoms with Crippen LogP contribution in [0.4, 0.5) is 0 Å². The van der Waals surface area contributed by atoms with E-state index in [1.165, 1.54) is 0 Å². The SMILES string of the molecule is CN(C)CCn1c(CCCl)nc2cc(Cl)c(Cl)cc21. The number of hydrogen-bond donors (Lipinski definition) is 0. The predicted molar refractivity (Wildman–Crippen MR) is 82.7 cm³/mol. The Kier molecular flexibility index (Phi) is 4.96. The van der Waals surface area contributed by atoms with Crippen LogP contribution in [-0.4, -0.2) is 41.0 Å². The lowest BCUT2D eigenvalue weighted by Crippen LogP contribution is -2.19. The number of alkyl halides is 1. The zero-order valence-electron chi connectivity index (χ0n) is 11.0. The summed E-state index contributed by atoms with van der Waals surface area (Å²) in [4.78, 5) is 6.73. The number of likely N-dealkylation sites (N-methyl/N-ethyl adjacent to an activating group) is 1. The highest BCUT2D eigenvalue weighted by atomic mass is 35.5. The summed E-state index contributed by atoms with van der Waals surface area (Å²) < 4.78 is 2.17. The van der Waals surface area contributed by atoms with Gasteiger partial charge in [0.25, 0.3) is 0 Å². The van der Waals surface area contributed by atoms with E-state index in [0.29, 0.717) is 15.9 Å². The van der Waals surface area contributed by atoms with Gasteiger partial charge in [0.1, 0.15) is 5.82 Å². The smallest absolute Gasteiger partial charge is 0.111 e. The molecule has 0 atom stereocenters. The molecule has 0 fully saturated rings. The third-order valence-corrected chi connectivity index (χ3v) is 3.87. The Morgan fingerprint density at radius 2 is 1.89 bits per heavy atom. The van der Waals surface area contributed by atoms with Crippen LogP contribution >= 0.6 is 34.8 Å². The van der Waals surface area contributed by atoms with Gasteiger partial charge in [0.15, 0.2) is 0 Å². The van der Waals surface area contributed by atoms with Gasteiger partial charge in [-0.1, -0.05) is 23.2 Å². The molecule has 3 nitrogen and oxygen atoms in total. The van der Waals surface area contributed by atoms with Crippen LogP contribution in [0.2, 0.25) is 10.0 Å². The topological polar surface area (TPSA) is 21.1 Å². The molecule has 19 heavy (non-hydrogen) atoms. The Bertz CT molecular complexity index is 578. The van der Waals surface area contributed by atoms with Gasteiger partial charge in [-0.25, -0.2) is 4.98 Å². The van der Waals surface area contributed by atoms with E-state index in [4.69, 9.17) is 34.8 Å². The van der Waals surface area contributed by atoms with Crippen LogP contribution in [0.5, 0.6) is 0 Å². The van der Waals surface area contributed by atoms with Crippen molar-refractivity contribution >= 4 is 45.8 Å². The molecule has 0 aliphatic rings. The van der Waals surface area contributed by atoms with Gasteiger partial charge in [-0.3, -0.25) is 0 Å². The summed E-state index contributed by atoms with van der Waals surface area (Å²) in [5.41, 5.74) is 1.88. The van der Waals surface area contributed by atoms with Crippen LogP contribution in [0.1, 0.15) is 5.82 Å². The van der Waals surface area contributed by atoms with Crippen molar-refractivity contribution in [2.75, 3.05) is 26.5 Å². The molecular formula is C13H16Cl3N3. The maximum absolute atomic E-state index is 6.10. The molecule has 0 aliphatic heterocycles. The summed E-state index contributed by atoms with van der Waals surface area (Å²) in [6.07, 6.45) is 0.735. The molecule has 2 rings (SSSR count). The highest BCUT2D eigenvalue weighted by Gasteiger charge is 2.12. The van der Waals surface area contributed by atoms with Crippen molar-refractivity contribution < 1.29 is 0 Å². The molecule has 6 heteroatoms. The van der Waals surface area contributed by atoms with E-state index in [1.807, 2.05) is 26.2 Å². The Morgan fingerprint density at radius 3 is 2.53 bits per heavy atom. The minimum Gasteiger partial charge on any atom is -0.327 e. The first-order valence-electron chi connectivity index (χ1n) is 6.07. The molecular weight excluding hydrogens is 305 g/mol. The first-order chi connectivity index (χ1) is 9.02. The van der Waals surface area contributed by atoms with E-state index in [1.54, 1.807) is 0 Å². The van der Waals surface area contributed by atoms with Gasteiger partial charge >= 0.3 is 0 Å². The molecule has 0 spiro atoms. The highest BCUT2D eigenvalue weighted by molar-refractivity contribution is 6.42. The normalized spacial score (nSPS) is 11.7. The largest absolute Gasteiger partial charge is 0.327 e. The average molecular weight is 321 g/mol. The van der Waals surface area contributed by atoms with Crippen LogP contribution in [0.15, 0.2) is 12.1 Å². The van der Waals surface area contributed by atoms with Gasteiger partial charge in [-0.2, -0.15) is 0 Å². The number of nitrogens with zero attached hydrogens (tertiary/aromatic N) is 3. The third-order valence-electron chi connectivity index (χ3n) is 2.96. The molecule has 1 aromatic carbocycles. The molecule has 0 unspecified atom stereocenters. The summed E-state index contributed by atoms with van der Waals surface area (Å²) in [7, 11) is 4.09. The number of aryl methyl sites for hydroxylation is 1. The fourth-order valence-corrected chi connectivity index (χ4v) is 2.48. The Labute approximate surface area is 128 Å². The number of halogens is 3. The van der Waals surface area contributed by atoms with Crippen molar-refractivity contribution in [2.24, 2.45) is 0 Å². The fraction of sp³-hybridized carbons (Fsp3) is 0.462. The van der Waals surface area contributed by atoms with Gasteiger partial charge in [0, 0.05) is 25.4 Å². The molecule has 1 heterocycles. The molecule has 1 aromatic heterocycles. The van der Waals surface area contributed by atoms with E-state index >= 15 is 0 Å². The highest BCUT2D eigenvalue weighted by Crippen LogP contribution is 2.28. The fourth-order valence-electron chi connectivity index (χ4n) is 1.99. The van der Waals surface area contributed by atoms with Crippen LogP contribution < -0.4 is 0 Å². The quantitative estimate of drug-likeness (QED) is 0.784. The van der Waals surface area contributed by atoms with Crippen molar-refractivity contribution in [3.8, 4) is 0 Å². The summed E-state index contributed by atoms with van der Waals surface area (Å²) in [5.74, 6) is 1.53. The third kappa shape index (κ3) is 3.34. The summed E-state index contributed by atoms with van der Waals surface area (Å²) in [5, 5.41) is 1.08. The second-order valence-corrected chi connectivity index (χ2v) is 5.87. The summed E-state index contributed by atoms with van der Waals surface area (Å²) >= 11 is 18.0. The zero-order chi connectivity index (χ0) is 14.0. The lowest BCUT2D eigenvalue weighted by atomic mass is 10.3. The standard InChI is InChI=1S/C13H16Cl3N3/c1-18(2)5-6-19-12-8-10(16)9(15)7-11(12)17-13(19)3-4-14/h7-8H,3-6H2,1-2H3. The summed E-state index contributed by atoms with van der Waals surface area (Å²) in [6.45, 7) is 1.79. The number of rotatable bonds is 5. The lowest BCUT2D eigenvalue weighted by Gasteiger charge is -2.13. The van der Waals surface area contributed by atoms with Crippen molar-refractivity contribution in [3.63, 3.8) is 0 Å². The van der Waals surface area contributed by atoms with Gasteiger partial charge < -0.3 is 9.47 Å². The average Bonchev–Trinajstić information content (AvgIpc) is 2.65. The number of hydrogen-bond acceptors (Lipinski definition) is 2. The van der Waals surface area contributed by atoms with E-state index in [2.05, 4.69) is 14.5 Å². The predicted octanol–water partition coefficient (Wildman–Crippen LogP) is 3.69. The van der Waals surface area contributed by atoms with Crippen molar-refractivity contribution in [1.82, 2.24) is 14.5 Å². The second-order valence-electron chi connectivity index (χ2n) is 4.68. The first kappa shape index (κ1) is 14.9. The maximum atomic E-state index is 6.10. The summed E-state index contributed by atoms with van der Waals surface area (Å²) in [6, 6.07) is 3.68. The molecule has 0 saturated heterocycles. The number of imidazole rings is 1. The van der Waals surface area contributed by atoms with Gasteiger partial charge in [0.2, 0.25) is 0 Å². The van der Waals surface area contributed by atoms with Crippen LogP contribution in [-0.2, 0) is 13.0 Å². The Hall–Kier alpha value is -0.480. The molecule has 2 aromatic rings. The Balaban J connectivity index is 2.48. The van der Waals surface area contributed by atoms with Gasteiger partial charge in [-0.05, 0) is 26.2 Å². The molecule has 0 aliphatic carbocycles. The Morgan fingerprint density at radius 1 is 1.21 bits per heavy atom. The minimum atomic E-state index is 0.531. The molecule has 0 N–H and O–H groups in total. The van der Waals surface area contributed by atoms with E-state index in [0.717, 1.165) is 36.4 Å². The molecule has 0 amide bonds. The number of benzene rings is 1. The number of fused-ring (bicyclic) bond motifs is 1. The maximum Gasteiger partial charge on any atom is 0.111 e. The minimum absolute atomic E-state index is 0.531. The molecule has 0 bridgehead atoms. The van der Waals surface area contributed by atoms with Crippen LogP contribution in [0.3, 0.4) is 0 Å². The van der Waals surface area contributed by atoms with E-state index in [9.17, 15) is 0 Å². The lowest BCUT2D eigenvalue weighted by molar-refractivity contribution is 0.383. The van der Waals surface area contributed by atoms with Gasteiger partial charge in [0.05, 0.1) is 21.1 Å². The zero-order valence-corrected chi connectivity index (χ0v) is 13.2. The van der Waals surface area contributed by atoms with Gasteiger partial charge in [-0.15, -0.1) is 11.6 Å². The monoisotopic (exact) mass is 319 g/mol. The van der Waals surface area contributed by atoms with Crippen molar-refractivity contribution in [2.45, 2.75) is 13.0 Å². The van der Waals surface area contributed by atoms with Crippen LogP contribution in [0, 0.1) is 0 Å². The number of aromatic nitrogens is 2. The van der Waals surface area contributed by atoms with E-state index in [-0.39, 0.29) is 0 Å². The van der Waals surface area contributed by atoms with E-state index < -0.39 is 0 Å². The second kappa shape index (κ2) is 6.31. The molecule has 0 saturated carbocycles. The molecule has 104 valence electrons. The first-order valence-corrected chi connectivity index (χ1v) is 7.37. The molecule has 0 radical (unpaired) electrons.